The first-order valence-corrected chi connectivity index (χ1v) is 6.42. The van der Waals surface area contributed by atoms with E-state index in [2.05, 4.69) is 4.98 Å². The fourth-order valence-electron chi connectivity index (χ4n) is 1.56. The molecule has 0 radical (unpaired) electrons. The van der Waals surface area contributed by atoms with Crippen molar-refractivity contribution in [2.75, 3.05) is 11.5 Å². The molecule has 0 unspecified atom stereocenters. The number of hydrogen-bond acceptors (Lipinski definition) is 5. The first-order chi connectivity index (χ1) is 9.10. The molecular formula is C13H11FN4S. The molecule has 0 aliphatic heterocycles. The minimum absolute atomic E-state index is 0.262. The SMILES string of the molecule is N#Cc1c(N)cc(N)nc1SCc1cccc(F)c1. The fraction of sp³-hybridized carbons (Fsp3) is 0.0769. The molecule has 2 rings (SSSR count). The van der Waals surface area contributed by atoms with E-state index in [0.29, 0.717) is 22.0 Å². The van der Waals surface area contributed by atoms with Gasteiger partial charge < -0.3 is 11.5 Å². The lowest BCUT2D eigenvalue weighted by Crippen LogP contribution is -2.00. The van der Waals surface area contributed by atoms with Crippen LogP contribution in [0.4, 0.5) is 15.9 Å². The van der Waals surface area contributed by atoms with Crippen LogP contribution in [0.1, 0.15) is 11.1 Å². The second kappa shape index (κ2) is 5.59. The average molecular weight is 274 g/mol. The van der Waals surface area contributed by atoms with Crippen molar-refractivity contribution in [1.82, 2.24) is 4.98 Å². The van der Waals surface area contributed by atoms with Crippen LogP contribution in [0, 0.1) is 17.1 Å². The van der Waals surface area contributed by atoms with Crippen LogP contribution in [0.2, 0.25) is 0 Å². The zero-order chi connectivity index (χ0) is 13.8. The highest BCUT2D eigenvalue weighted by molar-refractivity contribution is 7.98. The Labute approximate surface area is 114 Å². The second-order valence-corrected chi connectivity index (χ2v) is 4.81. The van der Waals surface area contributed by atoms with Gasteiger partial charge in [-0.05, 0) is 17.7 Å². The first-order valence-electron chi connectivity index (χ1n) is 5.43. The highest BCUT2D eigenvalue weighted by atomic mass is 32.2. The van der Waals surface area contributed by atoms with Crippen molar-refractivity contribution in [3.05, 3.63) is 47.3 Å². The smallest absolute Gasteiger partial charge is 0.126 e. The predicted molar refractivity (Wildman–Crippen MR) is 73.7 cm³/mol. The van der Waals surface area contributed by atoms with Crippen molar-refractivity contribution in [2.24, 2.45) is 0 Å². The van der Waals surface area contributed by atoms with Gasteiger partial charge in [0, 0.05) is 11.8 Å². The van der Waals surface area contributed by atoms with Gasteiger partial charge in [-0.25, -0.2) is 9.37 Å². The minimum Gasteiger partial charge on any atom is -0.397 e. The van der Waals surface area contributed by atoms with Crippen molar-refractivity contribution in [1.29, 1.82) is 5.26 Å². The molecule has 1 aromatic carbocycles. The lowest BCUT2D eigenvalue weighted by molar-refractivity contribution is 0.626. The zero-order valence-electron chi connectivity index (χ0n) is 9.93. The number of nitrogen functional groups attached to an aromatic ring is 2. The normalized spacial score (nSPS) is 10.1. The molecule has 0 saturated carbocycles. The topological polar surface area (TPSA) is 88.7 Å². The van der Waals surface area contributed by atoms with Crippen LogP contribution >= 0.6 is 11.8 Å². The Balaban J connectivity index is 2.22. The molecule has 96 valence electrons. The summed E-state index contributed by atoms with van der Waals surface area (Å²) in [5, 5.41) is 9.51. The maximum absolute atomic E-state index is 13.0. The summed E-state index contributed by atoms with van der Waals surface area (Å²) in [6.45, 7) is 0. The molecule has 1 heterocycles. The molecule has 6 heteroatoms. The van der Waals surface area contributed by atoms with Gasteiger partial charge >= 0.3 is 0 Å². The molecule has 0 aliphatic carbocycles. The van der Waals surface area contributed by atoms with Crippen LogP contribution in [0.15, 0.2) is 35.4 Å². The number of nitriles is 1. The molecule has 0 atom stereocenters. The van der Waals surface area contributed by atoms with E-state index in [-0.39, 0.29) is 11.6 Å². The summed E-state index contributed by atoms with van der Waals surface area (Å²) in [6.07, 6.45) is 0. The van der Waals surface area contributed by atoms with Gasteiger partial charge in [0.2, 0.25) is 0 Å². The third kappa shape index (κ3) is 3.14. The Morgan fingerprint density at radius 1 is 1.32 bits per heavy atom. The van der Waals surface area contributed by atoms with Gasteiger partial charge in [-0.1, -0.05) is 12.1 Å². The number of hydrogen-bond donors (Lipinski definition) is 2. The summed E-state index contributed by atoms with van der Waals surface area (Å²) in [7, 11) is 0. The maximum Gasteiger partial charge on any atom is 0.126 e. The first kappa shape index (κ1) is 13.2. The monoisotopic (exact) mass is 274 g/mol. The number of rotatable bonds is 3. The van der Waals surface area contributed by atoms with Gasteiger partial charge in [0.05, 0.1) is 5.69 Å². The number of aromatic nitrogens is 1. The molecule has 4 N–H and O–H groups in total. The molecule has 0 fully saturated rings. The summed E-state index contributed by atoms with van der Waals surface area (Å²) in [5.41, 5.74) is 12.7. The van der Waals surface area contributed by atoms with Crippen LogP contribution in [-0.2, 0) is 5.75 Å². The summed E-state index contributed by atoms with van der Waals surface area (Å²) in [5.74, 6) is 0.458. The zero-order valence-corrected chi connectivity index (χ0v) is 10.7. The molecule has 2 aromatic rings. The highest BCUT2D eigenvalue weighted by Crippen LogP contribution is 2.28. The summed E-state index contributed by atoms with van der Waals surface area (Å²) >= 11 is 1.30. The van der Waals surface area contributed by atoms with E-state index in [1.54, 1.807) is 12.1 Å². The van der Waals surface area contributed by atoms with Gasteiger partial charge in [-0.3, -0.25) is 0 Å². The second-order valence-electron chi connectivity index (χ2n) is 3.85. The van der Waals surface area contributed by atoms with E-state index in [1.807, 2.05) is 6.07 Å². The Bertz CT molecular complexity index is 652. The molecule has 19 heavy (non-hydrogen) atoms. The van der Waals surface area contributed by atoms with Crippen molar-refractivity contribution in [2.45, 2.75) is 10.8 Å². The van der Waals surface area contributed by atoms with Crippen LogP contribution < -0.4 is 11.5 Å². The third-order valence-electron chi connectivity index (χ3n) is 2.41. The van der Waals surface area contributed by atoms with Crippen LogP contribution in [0.25, 0.3) is 0 Å². The minimum atomic E-state index is -0.293. The molecular weight excluding hydrogens is 263 g/mol. The number of thioether (sulfide) groups is 1. The molecule has 0 amide bonds. The van der Waals surface area contributed by atoms with E-state index in [1.165, 1.54) is 30.0 Å². The maximum atomic E-state index is 13.0. The van der Waals surface area contributed by atoms with E-state index in [9.17, 15) is 4.39 Å². The van der Waals surface area contributed by atoms with E-state index in [4.69, 9.17) is 16.7 Å². The van der Waals surface area contributed by atoms with E-state index in [0.717, 1.165) is 5.56 Å². The number of anilines is 2. The summed E-state index contributed by atoms with van der Waals surface area (Å²) in [6, 6.07) is 9.71. The standard InChI is InChI=1S/C13H11FN4S/c14-9-3-1-2-8(4-9)7-19-13-10(6-15)11(16)5-12(17)18-13/h1-5H,7H2,(H4,16,17,18). The fourth-order valence-corrected chi connectivity index (χ4v) is 2.52. The highest BCUT2D eigenvalue weighted by Gasteiger charge is 2.10. The lowest BCUT2D eigenvalue weighted by Gasteiger charge is -2.07. The Hall–Kier alpha value is -2.26. The average Bonchev–Trinajstić information content (AvgIpc) is 2.36. The van der Waals surface area contributed by atoms with Crippen molar-refractivity contribution >= 4 is 23.3 Å². The Kier molecular flexibility index (Phi) is 3.88. The van der Waals surface area contributed by atoms with Crippen LogP contribution in [0.3, 0.4) is 0 Å². The van der Waals surface area contributed by atoms with Crippen LogP contribution in [-0.4, -0.2) is 4.98 Å². The number of nitrogens with zero attached hydrogens (tertiary/aromatic N) is 2. The molecule has 4 nitrogen and oxygen atoms in total. The summed E-state index contributed by atoms with van der Waals surface area (Å²) < 4.78 is 13.0. The van der Waals surface area contributed by atoms with Crippen molar-refractivity contribution < 1.29 is 4.39 Å². The van der Waals surface area contributed by atoms with Gasteiger partial charge in [0.25, 0.3) is 0 Å². The third-order valence-corrected chi connectivity index (χ3v) is 3.46. The van der Waals surface area contributed by atoms with Crippen molar-refractivity contribution in [3.8, 4) is 6.07 Å². The number of nitrogens with two attached hydrogens (primary N) is 2. The summed E-state index contributed by atoms with van der Waals surface area (Å²) in [4.78, 5) is 4.09. The number of benzene rings is 1. The predicted octanol–water partition coefficient (Wildman–Crippen LogP) is 2.55. The molecule has 0 saturated heterocycles. The van der Waals surface area contributed by atoms with E-state index >= 15 is 0 Å². The molecule has 0 bridgehead atoms. The molecule has 0 aliphatic rings. The van der Waals surface area contributed by atoms with Gasteiger partial charge in [-0.15, -0.1) is 11.8 Å². The quantitative estimate of drug-likeness (QED) is 0.840. The van der Waals surface area contributed by atoms with Gasteiger partial charge in [-0.2, -0.15) is 5.26 Å². The Morgan fingerprint density at radius 3 is 2.79 bits per heavy atom. The molecule has 0 spiro atoms. The largest absolute Gasteiger partial charge is 0.397 e. The number of pyridine rings is 1. The van der Waals surface area contributed by atoms with Gasteiger partial charge in [0.1, 0.15) is 28.3 Å². The van der Waals surface area contributed by atoms with E-state index < -0.39 is 0 Å². The van der Waals surface area contributed by atoms with Crippen molar-refractivity contribution in [3.63, 3.8) is 0 Å². The number of halogens is 1. The Morgan fingerprint density at radius 2 is 2.11 bits per heavy atom. The molecule has 1 aromatic heterocycles. The lowest BCUT2D eigenvalue weighted by atomic mass is 10.2. The van der Waals surface area contributed by atoms with Gasteiger partial charge in [0.15, 0.2) is 0 Å². The van der Waals surface area contributed by atoms with Crippen LogP contribution in [0.5, 0.6) is 0 Å².